The molecule has 4 rings (SSSR count). The molecule has 0 N–H and O–H groups in total. The van der Waals surface area contributed by atoms with E-state index in [4.69, 9.17) is 9.72 Å². The van der Waals surface area contributed by atoms with E-state index in [1.165, 1.54) is 6.07 Å². The molecule has 0 aliphatic carbocycles. The molecule has 8 heteroatoms. The Kier molecular flexibility index (Phi) is 6.36. The first-order valence-electron chi connectivity index (χ1n) is 10.4. The Morgan fingerprint density at radius 2 is 2.10 bits per heavy atom. The van der Waals surface area contributed by atoms with Gasteiger partial charge in [0.05, 0.1) is 11.7 Å². The second-order valence-electron chi connectivity index (χ2n) is 7.53. The summed E-state index contributed by atoms with van der Waals surface area (Å²) in [6, 6.07) is 8.26. The zero-order chi connectivity index (χ0) is 22.0. The van der Waals surface area contributed by atoms with Crippen molar-refractivity contribution in [1.29, 1.82) is 0 Å². The highest BCUT2D eigenvalue weighted by Gasteiger charge is 2.28. The predicted molar refractivity (Wildman–Crippen MR) is 119 cm³/mol. The summed E-state index contributed by atoms with van der Waals surface area (Å²) in [5.74, 6) is -1.47. The van der Waals surface area contributed by atoms with Crippen LogP contribution in [0.1, 0.15) is 44.0 Å². The molecule has 2 atom stereocenters. The summed E-state index contributed by atoms with van der Waals surface area (Å²) in [7, 11) is 0. The molecule has 2 aromatic heterocycles. The summed E-state index contributed by atoms with van der Waals surface area (Å²) in [5, 5.41) is 0. The van der Waals surface area contributed by atoms with Crippen LogP contribution in [0.25, 0.3) is 11.5 Å². The normalized spacial score (nSPS) is 16.7. The van der Waals surface area contributed by atoms with Crippen molar-refractivity contribution in [2.75, 3.05) is 11.4 Å². The van der Waals surface area contributed by atoms with Crippen LogP contribution >= 0.6 is 12.6 Å². The van der Waals surface area contributed by atoms with E-state index < -0.39 is 17.1 Å². The quantitative estimate of drug-likeness (QED) is 0.411. The van der Waals surface area contributed by atoms with Crippen LogP contribution in [0.5, 0.6) is 5.75 Å². The van der Waals surface area contributed by atoms with Gasteiger partial charge in [-0.05, 0) is 25.5 Å². The average molecular weight is 443 g/mol. The van der Waals surface area contributed by atoms with Crippen molar-refractivity contribution in [2.45, 2.75) is 44.6 Å². The number of fused-ring (bicyclic) bond motifs is 1. The van der Waals surface area contributed by atoms with Gasteiger partial charge in [-0.1, -0.05) is 19.4 Å². The Hall–Kier alpha value is -2.74. The van der Waals surface area contributed by atoms with Crippen LogP contribution in [0.3, 0.4) is 0 Å². The lowest BCUT2D eigenvalue weighted by molar-refractivity contribution is 0.261. The van der Waals surface area contributed by atoms with Gasteiger partial charge in [-0.2, -0.15) is 4.39 Å². The molecule has 0 amide bonds. The molecule has 1 aliphatic rings. The van der Waals surface area contributed by atoms with Crippen molar-refractivity contribution in [3.8, 4) is 17.3 Å². The number of halogens is 2. The summed E-state index contributed by atoms with van der Waals surface area (Å²) < 4.78 is 34.2. The van der Waals surface area contributed by atoms with Crippen molar-refractivity contribution in [3.05, 3.63) is 65.6 Å². The van der Waals surface area contributed by atoms with Gasteiger partial charge in [0.2, 0.25) is 5.82 Å². The van der Waals surface area contributed by atoms with Gasteiger partial charge in [0.25, 0.3) is 0 Å². The van der Waals surface area contributed by atoms with E-state index in [0.717, 1.165) is 23.4 Å². The number of thiol groups is 1. The van der Waals surface area contributed by atoms with Crippen LogP contribution in [0.4, 0.5) is 14.5 Å². The molecule has 31 heavy (non-hydrogen) atoms. The van der Waals surface area contributed by atoms with Crippen LogP contribution in [-0.4, -0.2) is 26.9 Å². The van der Waals surface area contributed by atoms with Crippen molar-refractivity contribution in [2.24, 2.45) is 0 Å². The minimum absolute atomic E-state index is 0.110. The summed E-state index contributed by atoms with van der Waals surface area (Å²) in [4.78, 5) is 15.5. The molecule has 5 nitrogen and oxygen atoms in total. The number of anilines is 1. The maximum atomic E-state index is 14.4. The number of benzene rings is 1. The number of aromatic nitrogens is 3. The number of rotatable bonds is 6. The van der Waals surface area contributed by atoms with Gasteiger partial charge in [-0.25, -0.2) is 14.4 Å². The maximum Gasteiger partial charge on any atom is 0.200 e. The first-order chi connectivity index (χ1) is 15.0. The third kappa shape index (κ3) is 4.49. The number of hydrogen-bond donors (Lipinski definition) is 1. The van der Waals surface area contributed by atoms with Crippen LogP contribution in [0, 0.1) is 11.6 Å². The summed E-state index contributed by atoms with van der Waals surface area (Å²) in [6.07, 6.45) is 5.63. The monoisotopic (exact) mass is 442 g/mol. The Morgan fingerprint density at radius 3 is 2.84 bits per heavy atom. The second-order valence-corrected chi connectivity index (χ2v) is 8.11. The van der Waals surface area contributed by atoms with Crippen molar-refractivity contribution in [1.82, 2.24) is 15.0 Å². The molecule has 2 unspecified atom stereocenters. The van der Waals surface area contributed by atoms with Gasteiger partial charge in [0.1, 0.15) is 11.1 Å². The third-order valence-electron chi connectivity index (χ3n) is 5.41. The van der Waals surface area contributed by atoms with Gasteiger partial charge in [0.15, 0.2) is 17.4 Å². The zero-order valence-corrected chi connectivity index (χ0v) is 18.3. The predicted octanol–water partition coefficient (Wildman–Crippen LogP) is 5.38. The summed E-state index contributed by atoms with van der Waals surface area (Å²) >= 11 is 4.31. The molecule has 0 fully saturated rings. The third-order valence-corrected chi connectivity index (χ3v) is 5.77. The Balaban J connectivity index is 1.62. The van der Waals surface area contributed by atoms with E-state index in [0.29, 0.717) is 30.9 Å². The van der Waals surface area contributed by atoms with Crippen LogP contribution < -0.4 is 9.64 Å². The molecule has 162 valence electrons. The molecular formula is C23H24F2N4OS. The molecule has 1 aliphatic heterocycles. The molecule has 0 radical (unpaired) electrons. The molecule has 0 spiro atoms. The number of ether oxygens (including phenoxy) is 1. The summed E-state index contributed by atoms with van der Waals surface area (Å²) in [6.45, 7) is 4.59. The summed E-state index contributed by atoms with van der Waals surface area (Å²) in [5.41, 5.74) is 2.68. The number of hydrogen-bond acceptors (Lipinski definition) is 6. The lowest BCUT2D eigenvalue weighted by atomic mass is 9.98. The highest BCUT2D eigenvalue weighted by atomic mass is 32.1. The van der Waals surface area contributed by atoms with Gasteiger partial charge < -0.3 is 9.64 Å². The van der Waals surface area contributed by atoms with E-state index >= 15 is 0 Å². The van der Waals surface area contributed by atoms with Gasteiger partial charge in [0, 0.05) is 48.7 Å². The zero-order valence-electron chi connectivity index (χ0n) is 17.4. The van der Waals surface area contributed by atoms with Crippen molar-refractivity contribution < 1.29 is 13.5 Å². The Labute approximate surface area is 185 Å². The minimum atomic E-state index is -0.993. The fraction of sp³-hybridized carbons (Fsp3) is 0.348. The van der Waals surface area contributed by atoms with Crippen LogP contribution in [-0.2, 0) is 6.42 Å². The van der Waals surface area contributed by atoms with E-state index in [1.807, 2.05) is 36.9 Å². The molecule has 0 bridgehead atoms. The Morgan fingerprint density at radius 1 is 1.26 bits per heavy atom. The fourth-order valence-corrected chi connectivity index (χ4v) is 4.16. The number of nitrogens with zero attached hydrogens (tertiary/aromatic N) is 4. The lowest BCUT2D eigenvalue weighted by Crippen LogP contribution is -2.35. The molecule has 3 aromatic rings. The topological polar surface area (TPSA) is 51.1 Å². The second kappa shape index (κ2) is 9.18. The minimum Gasteiger partial charge on any atom is -0.477 e. The molecular weight excluding hydrogens is 418 g/mol. The van der Waals surface area contributed by atoms with E-state index in [2.05, 4.69) is 22.6 Å². The molecule has 1 aromatic carbocycles. The Bertz CT molecular complexity index is 1070. The first-order valence-corrected chi connectivity index (χ1v) is 10.9. The molecule has 0 saturated carbocycles. The van der Waals surface area contributed by atoms with Gasteiger partial charge >= 0.3 is 0 Å². The van der Waals surface area contributed by atoms with Gasteiger partial charge in [-0.3, -0.25) is 4.98 Å². The largest absolute Gasteiger partial charge is 0.477 e. The highest BCUT2D eigenvalue weighted by Crippen LogP contribution is 2.36. The molecule has 0 saturated heterocycles. The first kappa shape index (κ1) is 21.5. The average Bonchev–Trinajstić information content (AvgIpc) is 2.77. The van der Waals surface area contributed by atoms with Crippen LogP contribution in [0.15, 0.2) is 42.7 Å². The van der Waals surface area contributed by atoms with E-state index in [1.54, 1.807) is 18.5 Å². The number of pyridine rings is 1. The standard InChI is InChI=1S/C23H24F2N4OS/c1-3-6-21(31)30-20-12-15(11-17(24)22(20)25)29-10-8-18-16(14(29)2)13-27-23(28-18)19-7-4-5-9-26-19/h4-5,7,9,11-14,21,31H,3,6,8,10H2,1-2H3. The van der Waals surface area contributed by atoms with Gasteiger partial charge in [-0.15, -0.1) is 12.6 Å². The molecule has 3 heterocycles. The van der Waals surface area contributed by atoms with E-state index in [9.17, 15) is 8.78 Å². The fourth-order valence-electron chi connectivity index (χ4n) is 3.79. The van der Waals surface area contributed by atoms with Crippen LogP contribution in [0.2, 0.25) is 0 Å². The highest BCUT2D eigenvalue weighted by molar-refractivity contribution is 7.80. The maximum absolute atomic E-state index is 14.4. The SMILES string of the molecule is CCCC(S)Oc1cc(N2CCc3nc(-c4ccccn4)ncc3C2C)cc(F)c1F. The smallest absolute Gasteiger partial charge is 0.200 e. The van der Waals surface area contributed by atoms with Crippen molar-refractivity contribution >= 4 is 18.3 Å². The van der Waals surface area contributed by atoms with Crippen molar-refractivity contribution in [3.63, 3.8) is 0 Å². The van der Waals surface area contributed by atoms with E-state index in [-0.39, 0.29) is 11.8 Å². The lowest BCUT2D eigenvalue weighted by Gasteiger charge is -2.36.